The summed E-state index contributed by atoms with van der Waals surface area (Å²) in [5, 5.41) is 15.4. The third-order valence-electron chi connectivity index (χ3n) is 5.78. The maximum atomic E-state index is 13.3. The highest BCUT2D eigenvalue weighted by Crippen LogP contribution is 2.42. The highest BCUT2D eigenvalue weighted by atomic mass is 35.5. The number of ether oxygens (including phenoxy) is 1. The molecule has 3 aromatic carbocycles. The number of nitrogens with one attached hydrogen (secondary N) is 1. The lowest BCUT2D eigenvalue weighted by Gasteiger charge is -2.09. The first-order chi connectivity index (χ1) is 17.9. The number of hydrogen-bond acceptors (Lipinski definition) is 7. The maximum Gasteiger partial charge on any atom is 0.296 e. The Kier molecular flexibility index (Phi) is 6.47. The quantitative estimate of drug-likeness (QED) is 0.179. The van der Waals surface area contributed by atoms with E-state index in [1.54, 1.807) is 12.1 Å². The average molecular weight is 531 g/mol. The molecule has 10 heteroatoms. The number of benzene rings is 3. The number of thiophene rings is 1. The summed E-state index contributed by atoms with van der Waals surface area (Å²) in [7, 11) is 1.41. The fraction of sp³-hybridized carbons (Fsp3) is 0.0370. The molecule has 3 N–H and O–H groups in total. The van der Waals surface area contributed by atoms with Crippen molar-refractivity contribution in [2.24, 2.45) is 0 Å². The number of rotatable bonds is 6. The molecule has 2 heterocycles. The zero-order chi connectivity index (χ0) is 26.1. The van der Waals surface area contributed by atoms with Gasteiger partial charge >= 0.3 is 0 Å². The van der Waals surface area contributed by atoms with Gasteiger partial charge in [0.15, 0.2) is 0 Å². The number of fused-ring (bicyclic) bond motifs is 1. The standard InChI is InChI=1S/C27H19ClN4O4S/c1-36-18-11-12-20(22(13-18)32(34)35)30-26(33)25-24(29)23-19(15-5-3-2-4-6-15)14-21(31-27(23)37-25)16-7-9-17(28)10-8-16/h2-14H,29H2,1H3,(H,30,33). The molecule has 8 nitrogen and oxygen atoms in total. The Labute approximate surface area is 220 Å². The van der Waals surface area contributed by atoms with Crippen LogP contribution < -0.4 is 15.8 Å². The molecule has 0 bridgehead atoms. The molecule has 184 valence electrons. The topological polar surface area (TPSA) is 120 Å². The number of nitro groups is 1. The maximum absolute atomic E-state index is 13.3. The number of carbonyl (C=O) groups excluding carboxylic acids is 1. The van der Waals surface area contributed by atoms with Gasteiger partial charge in [0.05, 0.1) is 29.5 Å². The van der Waals surface area contributed by atoms with E-state index in [1.807, 2.05) is 48.5 Å². The SMILES string of the molecule is COc1ccc(NC(=O)c2sc3nc(-c4ccc(Cl)cc4)cc(-c4ccccc4)c3c2N)c([N+](=O)[O-])c1. The predicted octanol–water partition coefficient (Wildman–Crippen LogP) is 7.04. The molecule has 0 aliphatic heterocycles. The molecular weight excluding hydrogens is 512 g/mol. The number of hydrogen-bond donors (Lipinski definition) is 2. The van der Waals surface area contributed by atoms with Gasteiger partial charge in [0.25, 0.3) is 11.6 Å². The molecule has 0 radical (unpaired) electrons. The largest absolute Gasteiger partial charge is 0.496 e. The van der Waals surface area contributed by atoms with Crippen molar-refractivity contribution in [2.75, 3.05) is 18.2 Å². The van der Waals surface area contributed by atoms with Crippen LogP contribution in [0.25, 0.3) is 32.6 Å². The van der Waals surface area contributed by atoms with Crippen LogP contribution in [0.1, 0.15) is 9.67 Å². The van der Waals surface area contributed by atoms with Crippen molar-refractivity contribution in [3.63, 3.8) is 0 Å². The molecule has 5 aromatic rings. The normalized spacial score (nSPS) is 10.9. The Morgan fingerprint density at radius 2 is 1.78 bits per heavy atom. The van der Waals surface area contributed by atoms with E-state index < -0.39 is 10.8 Å². The number of pyridine rings is 1. The van der Waals surface area contributed by atoms with Gasteiger partial charge < -0.3 is 15.8 Å². The number of nitrogens with two attached hydrogens (primary N) is 1. The van der Waals surface area contributed by atoms with Crippen LogP contribution in [-0.2, 0) is 0 Å². The second-order valence-corrected chi connectivity index (χ2v) is 9.48. The van der Waals surface area contributed by atoms with Gasteiger partial charge in [-0.05, 0) is 41.5 Å². The Morgan fingerprint density at radius 1 is 1.05 bits per heavy atom. The summed E-state index contributed by atoms with van der Waals surface area (Å²) in [6.07, 6.45) is 0. The molecule has 2 aromatic heterocycles. The van der Waals surface area contributed by atoms with Gasteiger partial charge in [-0.15, -0.1) is 11.3 Å². The molecule has 0 spiro atoms. The number of amides is 1. The first-order valence-corrected chi connectivity index (χ1v) is 12.2. The molecule has 0 unspecified atom stereocenters. The lowest BCUT2D eigenvalue weighted by atomic mass is 9.99. The first kappa shape index (κ1) is 24.2. The number of anilines is 2. The van der Waals surface area contributed by atoms with Crippen LogP contribution in [0.3, 0.4) is 0 Å². The number of carbonyl (C=O) groups is 1. The van der Waals surface area contributed by atoms with E-state index >= 15 is 0 Å². The molecule has 37 heavy (non-hydrogen) atoms. The number of aromatic nitrogens is 1. The van der Waals surface area contributed by atoms with Crippen molar-refractivity contribution in [3.05, 3.63) is 98.9 Å². The average Bonchev–Trinajstić information content (AvgIpc) is 3.25. The van der Waals surface area contributed by atoms with Crippen molar-refractivity contribution in [3.8, 4) is 28.1 Å². The van der Waals surface area contributed by atoms with Crippen molar-refractivity contribution in [1.29, 1.82) is 0 Å². The van der Waals surface area contributed by atoms with Crippen molar-refractivity contribution < 1.29 is 14.5 Å². The van der Waals surface area contributed by atoms with E-state index in [9.17, 15) is 14.9 Å². The van der Waals surface area contributed by atoms with Crippen LogP contribution in [0.2, 0.25) is 5.02 Å². The van der Waals surface area contributed by atoms with Crippen LogP contribution in [-0.4, -0.2) is 22.9 Å². The zero-order valence-electron chi connectivity index (χ0n) is 19.4. The van der Waals surface area contributed by atoms with E-state index in [4.69, 9.17) is 27.1 Å². The molecule has 0 atom stereocenters. The predicted molar refractivity (Wildman–Crippen MR) is 148 cm³/mol. The smallest absolute Gasteiger partial charge is 0.296 e. The zero-order valence-corrected chi connectivity index (χ0v) is 21.0. The minimum atomic E-state index is -0.583. The van der Waals surface area contributed by atoms with E-state index in [-0.39, 0.29) is 21.9 Å². The summed E-state index contributed by atoms with van der Waals surface area (Å²) in [4.78, 5) is 29.8. The summed E-state index contributed by atoms with van der Waals surface area (Å²) in [5.41, 5.74) is 9.80. The van der Waals surface area contributed by atoms with Crippen molar-refractivity contribution in [2.45, 2.75) is 0 Å². The second kappa shape index (κ2) is 9.88. The highest BCUT2D eigenvalue weighted by Gasteiger charge is 2.24. The van der Waals surface area contributed by atoms with Crippen LogP contribution in [0.5, 0.6) is 5.75 Å². The minimum Gasteiger partial charge on any atom is -0.496 e. The highest BCUT2D eigenvalue weighted by molar-refractivity contribution is 7.21. The summed E-state index contributed by atoms with van der Waals surface area (Å²) >= 11 is 7.19. The Morgan fingerprint density at radius 3 is 2.46 bits per heavy atom. The monoisotopic (exact) mass is 530 g/mol. The van der Waals surface area contributed by atoms with Crippen LogP contribution >= 0.6 is 22.9 Å². The minimum absolute atomic E-state index is 0.0331. The van der Waals surface area contributed by atoms with Gasteiger partial charge in [-0.3, -0.25) is 14.9 Å². The molecular formula is C27H19ClN4O4S. The summed E-state index contributed by atoms with van der Waals surface area (Å²) in [6.45, 7) is 0. The number of halogens is 1. The molecule has 5 rings (SSSR count). The molecule has 0 fully saturated rings. The Bertz CT molecular complexity index is 1650. The van der Waals surface area contributed by atoms with E-state index in [1.165, 1.54) is 25.3 Å². The van der Waals surface area contributed by atoms with Crippen LogP contribution in [0.15, 0.2) is 78.9 Å². The lowest BCUT2D eigenvalue weighted by molar-refractivity contribution is -0.384. The Hall–Kier alpha value is -4.47. The van der Waals surface area contributed by atoms with Crippen LogP contribution in [0.4, 0.5) is 17.1 Å². The fourth-order valence-electron chi connectivity index (χ4n) is 3.98. The van der Waals surface area contributed by atoms with Crippen LogP contribution in [0, 0.1) is 10.1 Å². The van der Waals surface area contributed by atoms with Gasteiger partial charge in [-0.1, -0.05) is 54.1 Å². The van der Waals surface area contributed by atoms with Crippen molar-refractivity contribution in [1.82, 2.24) is 4.98 Å². The third-order valence-corrected chi connectivity index (χ3v) is 7.13. The number of nitro benzene ring substituents is 1. The fourth-order valence-corrected chi connectivity index (χ4v) is 5.12. The summed E-state index contributed by atoms with van der Waals surface area (Å²) in [6, 6.07) is 23.1. The lowest BCUT2D eigenvalue weighted by Crippen LogP contribution is -2.13. The molecule has 0 aliphatic rings. The van der Waals surface area contributed by atoms with E-state index in [0.717, 1.165) is 28.0 Å². The summed E-state index contributed by atoms with van der Waals surface area (Å²) < 4.78 is 5.07. The molecule has 0 saturated carbocycles. The van der Waals surface area contributed by atoms with Gasteiger partial charge in [0.2, 0.25) is 0 Å². The number of nitrogens with zero attached hydrogens (tertiary/aromatic N) is 2. The molecule has 1 amide bonds. The van der Waals surface area contributed by atoms with Gasteiger partial charge in [0.1, 0.15) is 21.1 Å². The number of nitrogen functional groups attached to an aromatic ring is 1. The molecule has 0 aliphatic carbocycles. The second-order valence-electron chi connectivity index (χ2n) is 8.05. The number of methoxy groups -OCH3 is 1. The van der Waals surface area contributed by atoms with Gasteiger partial charge in [-0.25, -0.2) is 4.98 Å². The first-order valence-electron chi connectivity index (χ1n) is 11.0. The van der Waals surface area contributed by atoms with Gasteiger partial charge in [-0.2, -0.15) is 0 Å². The Balaban J connectivity index is 1.63. The van der Waals surface area contributed by atoms with Crippen molar-refractivity contribution >= 4 is 56.1 Å². The van der Waals surface area contributed by atoms with E-state index in [0.29, 0.717) is 26.7 Å². The van der Waals surface area contributed by atoms with E-state index in [2.05, 4.69) is 5.32 Å². The molecule has 0 saturated heterocycles. The summed E-state index contributed by atoms with van der Waals surface area (Å²) in [5.74, 6) is -0.265. The van der Waals surface area contributed by atoms with Gasteiger partial charge in [0, 0.05) is 16.0 Å². The third kappa shape index (κ3) is 4.69.